The highest BCUT2D eigenvalue weighted by Gasteiger charge is 2.48. The number of nitrogens with one attached hydrogen (secondary N) is 2. The van der Waals surface area contributed by atoms with Crippen molar-refractivity contribution in [3.8, 4) is 5.75 Å². The number of anilines is 1. The Bertz CT molecular complexity index is 1090. The second kappa shape index (κ2) is 6.95. The number of H-pyrrole nitrogens is 1. The Labute approximate surface area is 152 Å². The molecule has 2 N–H and O–H groups in total. The number of hydrogen-bond donors (Lipinski definition) is 2. The Morgan fingerprint density at radius 1 is 1.07 bits per heavy atom. The standard InChI is InChI=1S/C17H13F3N2O4S/c18-17(19,20)27(24,25)26-15-8-4-3-7-14(15)22-16(23)9-11-10-21-13-6-2-1-5-12(11)13/h1-8,10,21H,9H2,(H,22,23). The molecule has 0 aliphatic rings. The summed E-state index contributed by atoms with van der Waals surface area (Å²) in [5.41, 5.74) is -4.24. The van der Waals surface area contributed by atoms with Crippen LogP contribution in [-0.4, -0.2) is 24.8 Å². The first-order valence-electron chi connectivity index (χ1n) is 7.62. The minimum absolute atomic E-state index is 0.0651. The summed E-state index contributed by atoms with van der Waals surface area (Å²) in [5.74, 6) is -1.16. The number of carbonyl (C=O) groups excluding carboxylic acids is 1. The molecule has 0 radical (unpaired) electrons. The molecular weight excluding hydrogens is 385 g/mol. The Hall–Kier alpha value is -3.01. The third-order valence-electron chi connectivity index (χ3n) is 3.67. The zero-order valence-electron chi connectivity index (χ0n) is 13.6. The summed E-state index contributed by atoms with van der Waals surface area (Å²) in [6.07, 6.45) is 1.59. The third kappa shape index (κ3) is 4.05. The van der Waals surface area contributed by atoms with Crippen LogP contribution in [0.5, 0.6) is 5.75 Å². The normalized spacial score (nSPS) is 12.1. The van der Waals surface area contributed by atoms with Crippen LogP contribution in [0.3, 0.4) is 0 Å². The summed E-state index contributed by atoms with van der Waals surface area (Å²) in [4.78, 5) is 15.3. The second-order valence-corrected chi connectivity index (χ2v) is 7.10. The topological polar surface area (TPSA) is 88.3 Å². The molecular formula is C17H13F3N2O4S. The number of carbonyl (C=O) groups is 1. The van der Waals surface area contributed by atoms with Crippen molar-refractivity contribution in [3.05, 3.63) is 60.3 Å². The Morgan fingerprint density at radius 2 is 1.74 bits per heavy atom. The van der Waals surface area contributed by atoms with Crippen LogP contribution in [-0.2, 0) is 21.3 Å². The fourth-order valence-electron chi connectivity index (χ4n) is 2.45. The summed E-state index contributed by atoms with van der Waals surface area (Å²) in [6, 6.07) is 12.3. The number of halogens is 3. The van der Waals surface area contributed by atoms with Crippen LogP contribution in [0.15, 0.2) is 54.7 Å². The van der Waals surface area contributed by atoms with Crippen molar-refractivity contribution in [2.24, 2.45) is 0 Å². The number of fused-ring (bicyclic) bond motifs is 1. The Kier molecular flexibility index (Phi) is 4.83. The first-order chi connectivity index (χ1) is 12.7. The van der Waals surface area contributed by atoms with Crippen molar-refractivity contribution < 1.29 is 30.6 Å². The zero-order valence-corrected chi connectivity index (χ0v) is 14.4. The molecule has 6 nitrogen and oxygen atoms in total. The Morgan fingerprint density at radius 3 is 2.48 bits per heavy atom. The van der Waals surface area contributed by atoms with E-state index in [0.29, 0.717) is 5.56 Å². The summed E-state index contributed by atoms with van der Waals surface area (Å²) in [6.45, 7) is 0. The number of para-hydroxylation sites is 3. The van der Waals surface area contributed by atoms with E-state index < -0.39 is 27.3 Å². The lowest BCUT2D eigenvalue weighted by Crippen LogP contribution is -2.28. The molecule has 27 heavy (non-hydrogen) atoms. The number of rotatable bonds is 5. The molecule has 0 aliphatic carbocycles. The SMILES string of the molecule is O=C(Cc1c[nH]c2ccccc12)Nc1ccccc1OS(=O)(=O)C(F)(F)F. The zero-order chi connectivity index (χ0) is 19.7. The van der Waals surface area contributed by atoms with Crippen molar-refractivity contribution in [3.63, 3.8) is 0 Å². The Balaban J connectivity index is 1.79. The van der Waals surface area contributed by atoms with Gasteiger partial charge in [0.05, 0.1) is 12.1 Å². The van der Waals surface area contributed by atoms with Gasteiger partial charge in [0.15, 0.2) is 5.75 Å². The number of benzene rings is 2. The van der Waals surface area contributed by atoms with Gasteiger partial charge in [-0.2, -0.15) is 21.6 Å². The van der Waals surface area contributed by atoms with Crippen LogP contribution in [0.25, 0.3) is 10.9 Å². The number of alkyl halides is 3. The summed E-state index contributed by atoms with van der Waals surface area (Å²) in [5, 5.41) is 3.21. The maximum absolute atomic E-state index is 12.5. The predicted octanol–water partition coefficient (Wildman–Crippen LogP) is 3.58. The van der Waals surface area contributed by atoms with Crippen LogP contribution < -0.4 is 9.50 Å². The minimum atomic E-state index is -5.84. The van der Waals surface area contributed by atoms with E-state index >= 15 is 0 Å². The highest BCUT2D eigenvalue weighted by molar-refractivity contribution is 7.88. The molecule has 0 saturated heterocycles. The van der Waals surface area contributed by atoms with E-state index in [1.807, 2.05) is 24.3 Å². The molecule has 0 atom stereocenters. The van der Waals surface area contributed by atoms with Crippen molar-refractivity contribution in [1.82, 2.24) is 4.98 Å². The lowest BCUT2D eigenvalue weighted by molar-refractivity contribution is -0.115. The molecule has 0 aliphatic heterocycles. The average Bonchev–Trinajstić information content (AvgIpc) is 2.98. The van der Waals surface area contributed by atoms with E-state index in [4.69, 9.17) is 0 Å². The molecule has 1 heterocycles. The van der Waals surface area contributed by atoms with Gasteiger partial charge >= 0.3 is 15.6 Å². The summed E-state index contributed by atoms with van der Waals surface area (Å²) < 4.78 is 64.1. The van der Waals surface area contributed by atoms with Gasteiger partial charge in [-0.15, -0.1) is 0 Å². The van der Waals surface area contributed by atoms with Gasteiger partial charge in [-0.25, -0.2) is 0 Å². The molecule has 3 aromatic rings. The average molecular weight is 398 g/mol. The molecule has 1 amide bonds. The quantitative estimate of drug-likeness (QED) is 0.508. The molecule has 3 rings (SSSR count). The van der Waals surface area contributed by atoms with Crippen LogP contribution in [0, 0.1) is 0 Å². The minimum Gasteiger partial charge on any atom is -0.374 e. The van der Waals surface area contributed by atoms with E-state index in [2.05, 4.69) is 14.5 Å². The first-order valence-corrected chi connectivity index (χ1v) is 9.03. The van der Waals surface area contributed by atoms with Crippen LogP contribution in [0.1, 0.15) is 5.56 Å². The molecule has 0 fully saturated rings. The lowest BCUT2D eigenvalue weighted by atomic mass is 10.1. The van der Waals surface area contributed by atoms with Crippen molar-refractivity contribution in [1.29, 1.82) is 0 Å². The van der Waals surface area contributed by atoms with Crippen molar-refractivity contribution in [2.45, 2.75) is 11.9 Å². The number of aromatic amines is 1. The van der Waals surface area contributed by atoms with Crippen molar-refractivity contribution in [2.75, 3.05) is 5.32 Å². The third-order valence-corrected chi connectivity index (χ3v) is 4.64. The van der Waals surface area contributed by atoms with Gasteiger partial charge in [-0.05, 0) is 23.8 Å². The molecule has 0 spiro atoms. The molecule has 10 heteroatoms. The maximum atomic E-state index is 12.5. The van der Waals surface area contributed by atoms with E-state index in [9.17, 15) is 26.4 Å². The van der Waals surface area contributed by atoms with Gasteiger partial charge in [0.2, 0.25) is 5.91 Å². The highest BCUT2D eigenvalue weighted by atomic mass is 32.2. The fraction of sp³-hybridized carbons (Fsp3) is 0.118. The lowest BCUT2D eigenvalue weighted by Gasteiger charge is -2.13. The molecule has 1 aromatic heterocycles. The highest BCUT2D eigenvalue weighted by Crippen LogP contribution is 2.31. The van der Waals surface area contributed by atoms with Gasteiger partial charge in [0.1, 0.15) is 0 Å². The monoisotopic (exact) mass is 398 g/mol. The van der Waals surface area contributed by atoms with Crippen LogP contribution in [0.2, 0.25) is 0 Å². The second-order valence-electron chi connectivity index (χ2n) is 5.56. The van der Waals surface area contributed by atoms with Gasteiger partial charge < -0.3 is 14.5 Å². The van der Waals surface area contributed by atoms with E-state index in [1.165, 1.54) is 18.2 Å². The van der Waals surface area contributed by atoms with Crippen LogP contribution >= 0.6 is 0 Å². The molecule has 0 unspecified atom stereocenters. The fourth-order valence-corrected chi connectivity index (χ4v) is 2.93. The van der Waals surface area contributed by atoms with Gasteiger partial charge in [-0.3, -0.25) is 4.79 Å². The molecule has 0 saturated carbocycles. The number of aromatic nitrogens is 1. The molecule has 142 valence electrons. The van der Waals surface area contributed by atoms with E-state index in [0.717, 1.165) is 17.0 Å². The van der Waals surface area contributed by atoms with E-state index in [-0.39, 0.29) is 12.1 Å². The summed E-state index contributed by atoms with van der Waals surface area (Å²) >= 11 is 0. The maximum Gasteiger partial charge on any atom is 0.534 e. The number of amides is 1. The van der Waals surface area contributed by atoms with Gasteiger partial charge in [-0.1, -0.05) is 30.3 Å². The largest absolute Gasteiger partial charge is 0.534 e. The summed E-state index contributed by atoms with van der Waals surface area (Å²) in [7, 11) is -5.84. The van der Waals surface area contributed by atoms with Gasteiger partial charge in [0.25, 0.3) is 0 Å². The van der Waals surface area contributed by atoms with E-state index in [1.54, 1.807) is 6.20 Å². The van der Waals surface area contributed by atoms with Crippen molar-refractivity contribution >= 4 is 32.6 Å². The number of hydrogen-bond acceptors (Lipinski definition) is 4. The van der Waals surface area contributed by atoms with Crippen LogP contribution in [0.4, 0.5) is 18.9 Å². The molecule has 0 bridgehead atoms. The smallest absolute Gasteiger partial charge is 0.374 e. The predicted molar refractivity (Wildman–Crippen MR) is 92.7 cm³/mol. The van der Waals surface area contributed by atoms with Gasteiger partial charge in [0, 0.05) is 17.1 Å². The molecule has 2 aromatic carbocycles. The first kappa shape index (κ1) is 18.8.